The zero-order valence-corrected chi connectivity index (χ0v) is 11.6. The van der Waals surface area contributed by atoms with E-state index >= 15 is 0 Å². The van der Waals surface area contributed by atoms with E-state index in [9.17, 15) is 8.42 Å². The molecule has 16 heavy (non-hydrogen) atoms. The fourth-order valence-corrected chi connectivity index (χ4v) is 3.88. The Kier molecular flexibility index (Phi) is 3.97. The van der Waals surface area contributed by atoms with E-state index in [1.807, 2.05) is 20.8 Å². The minimum Gasteiger partial charge on any atom is -0.392 e. The van der Waals surface area contributed by atoms with Crippen molar-refractivity contribution >= 4 is 27.2 Å². The number of rotatable bonds is 5. The number of nitrogens with one attached hydrogen (secondary N) is 1. The Balaban J connectivity index is 2.66. The van der Waals surface area contributed by atoms with Crippen LogP contribution >= 0.6 is 12.2 Å². The lowest BCUT2D eigenvalue weighted by Gasteiger charge is -2.22. The van der Waals surface area contributed by atoms with E-state index in [0.29, 0.717) is 5.92 Å². The van der Waals surface area contributed by atoms with Crippen LogP contribution in [0.3, 0.4) is 0 Å². The van der Waals surface area contributed by atoms with Gasteiger partial charge in [0, 0.05) is 0 Å². The summed E-state index contributed by atoms with van der Waals surface area (Å²) < 4.78 is 26.4. The second-order valence-corrected chi connectivity index (χ2v) is 7.88. The molecule has 1 fully saturated rings. The molecule has 0 aromatic rings. The minimum absolute atomic E-state index is 0.0891. The lowest BCUT2D eigenvalue weighted by atomic mass is 10.0. The molecule has 4 nitrogen and oxygen atoms in total. The van der Waals surface area contributed by atoms with Crippen molar-refractivity contribution in [2.24, 2.45) is 17.1 Å². The summed E-state index contributed by atoms with van der Waals surface area (Å²) in [6.07, 6.45) is 2.00. The molecule has 6 heteroatoms. The van der Waals surface area contributed by atoms with E-state index in [-0.39, 0.29) is 22.2 Å². The molecule has 0 spiro atoms. The highest BCUT2D eigenvalue weighted by atomic mass is 32.2. The van der Waals surface area contributed by atoms with Gasteiger partial charge in [0.2, 0.25) is 10.0 Å². The highest BCUT2D eigenvalue weighted by molar-refractivity contribution is 7.89. The Morgan fingerprint density at radius 3 is 2.31 bits per heavy atom. The van der Waals surface area contributed by atoms with Crippen LogP contribution in [0.2, 0.25) is 0 Å². The summed E-state index contributed by atoms with van der Waals surface area (Å²) >= 11 is 4.89. The number of thiocarbonyl (C=S) groups is 1. The van der Waals surface area contributed by atoms with Gasteiger partial charge in [-0.1, -0.05) is 33.0 Å². The molecule has 94 valence electrons. The first-order valence-electron chi connectivity index (χ1n) is 5.40. The molecule has 1 aliphatic rings. The summed E-state index contributed by atoms with van der Waals surface area (Å²) in [4.78, 5) is 0.250. The van der Waals surface area contributed by atoms with Gasteiger partial charge < -0.3 is 5.73 Å². The molecule has 3 N–H and O–H groups in total. The van der Waals surface area contributed by atoms with Crippen molar-refractivity contribution < 1.29 is 8.42 Å². The predicted octanol–water partition coefficient (Wildman–Crippen LogP) is 1.02. The standard InChI is InChI=1S/C10H20N2O2S2/c1-10(2,3)6-16(13,14)12-8(9(11)15)7-4-5-7/h7-8,12H,4-6H2,1-3H3,(H2,11,15). The van der Waals surface area contributed by atoms with Gasteiger partial charge in [0.15, 0.2) is 0 Å². The van der Waals surface area contributed by atoms with Gasteiger partial charge in [-0.15, -0.1) is 0 Å². The van der Waals surface area contributed by atoms with E-state index in [1.54, 1.807) is 0 Å². The third-order valence-electron chi connectivity index (χ3n) is 2.33. The summed E-state index contributed by atoms with van der Waals surface area (Å²) in [6.45, 7) is 5.66. The Labute approximate surface area is 103 Å². The van der Waals surface area contributed by atoms with E-state index in [4.69, 9.17) is 18.0 Å². The quantitative estimate of drug-likeness (QED) is 0.727. The average Bonchev–Trinajstić information content (AvgIpc) is 2.76. The second kappa shape index (κ2) is 4.58. The molecule has 0 saturated heterocycles. The van der Waals surface area contributed by atoms with E-state index < -0.39 is 10.0 Å². The SMILES string of the molecule is CC(C)(C)CS(=O)(=O)NC(C(N)=S)C1CC1. The van der Waals surface area contributed by atoms with Crippen LogP contribution in [-0.2, 0) is 10.0 Å². The first-order chi connectivity index (χ1) is 7.11. The molecule has 0 amide bonds. The van der Waals surface area contributed by atoms with Crippen LogP contribution in [0.1, 0.15) is 33.6 Å². The molecule has 0 aliphatic heterocycles. The van der Waals surface area contributed by atoms with Crippen molar-refractivity contribution in [3.63, 3.8) is 0 Å². The maximum absolute atomic E-state index is 11.9. The second-order valence-electron chi connectivity index (χ2n) is 5.66. The van der Waals surface area contributed by atoms with Gasteiger partial charge in [-0.05, 0) is 24.2 Å². The number of nitrogens with two attached hydrogens (primary N) is 1. The van der Waals surface area contributed by atoms with Crippen molar-refractivity contribution in [2.45, 2.75) is 39.7 Å². The molecule has 0 radical (unpaired) electrons. The maximum atomic E-state index is 11.9. The Morgan fingerprint density at radius 2 is 2.00 bits per heavy atom. The van der Waals surface area contributed by atoms with Crippen molar-refractivity contribution in [1.82, 2.24) is 4.72 Å². The Morgan fingerprint density at radius 1 is 1.50 bits per heavy atom. The summed E-state index contributed by atoms with van der Waals surface area (Å²) in [6, 6.07) is -0.359. The highest BCUT2D eigenvalue weighted by Gasteiger charge is 2.36. The smallest absolute Gasteiger partial charge is 0.212 e. The van der Waals surface area contributed by atoms with Crippen molar-refractivity contribution in [2.75, 3.05) is 5.75 Å². The molecule has 1 aliphatic carbocycles. The van der Waals surface area contributed by atoms with Gasteiger partial charge in [0.05, 0.1) is 16.8 Å². The van der Waals surface area contributed by atoms with Crippen LogP contribution < -0.4 is 10.5 Å². The molecular weight excluding hydrogens is 244 g/mol. The minimum atomic E-state index is -3.31. The van der Waals surface area contributed by atoms with Crippen LogP contribution in [0.5, 0.6) is 0 Å². The number of sulfonamides is 1. The molecular formula is C10H20N2O2S2. The first-order valence-corrected chi connectivity index (χ1v) is 7.46. The molecule has 0 aromatic heterocycles. The largest absolute Gasteiger partial charge is 0.392 e. The third kappa shape index (κ3) is 4.76. The number of hydrogen-bond acceptors (Lipinski definition) is 3. The van der Waals surface area contributed by atoms with Gasteiger partial charge in [-0.3, -0.25) is 0 Å². The normalized spacial score (nSPS) is 19.4. The van der Waals surface area contributed by atoms with Gasteiger partial charge in [0.25, 0.3) is 0 Å². The molecule has 1 saturated carbocycles. The van der Waals surface area contributed by atoms with Gasteiger partial charge in [-0.2, -0.15) is 0 Å². The summed E-state index contributed by atoms with van der Waals surface area (Å²) in [7, 11) is -3.31. The lowest BCUT2D eigenvalue weighted by molar-refractivity contribution is 0.455. The topological polar surface area (TPSA) is 72.2 Å². The molecule has 0 heterocycles. The van der Waals surface area contributed by atoms with Crippen molar-refractivity contribution in [3.05, 3.63) is 0 Å². The van der Waals surface area contributed by atoms with Gasteiger partial charge in [-0.25, -0.2) is 13.1 Å². The van der Waals surface area contributed by atoms with Crippen molar-refractivity contribution in [1.29, 1.82) is 0 Å². The Hall–Kier alpha value is -0.200. The molecule has 1 unspecified atom stereocenters. The first kappa shape index (κ1) is 13.9. The highest BCUT2D eigenvalue weighted by Crippen LogP contribution is 2.33. The van der Waals surface area contributed by atoms with Gasteiger partial charge >= 0.3 is 0 Å². The third-order valence-corrected chi connectivity index (χ3v) is 4.44. The van der Waals surface area contributed by atoms with Crippen LogP contribution in [0, 0.1) is 11.3 Å². The maximum Gasteiger partial charge on any atom is 0.212 e. The van der Waals surface area contributed by atoms with Gasteiger partial charge in [0.1, 0.15) is 0 Å². The zero-order valence-electron chi connectivity index (χ0n) is 9.99. The fourth-order valence-electron chi connectivity index (χ4n) is 1.62. The summed E-state index contributed by atoms with van der Waals surface area (Å²) in [5, 5.41) is 0. The average molecular weight is 264 g/mol. The van der Waals surface area contributed by atoms with E-state index in [2.05, 4.69) is 4.72 Å². The summed E-state index contributed by atoms with van der Waals surface area (Å²) in [5.74, 6) is 0.387. The van der Waals surface area contributed by atoms with E-state index in [0.717, 1.165) is 12.8 Å². The van der Waals surface area contributed by atoms with Crippen LogP contribution in [0.15, 0.2) is 0 Å². The molecule has 0 aromatic carbocycles. The monoisotopic (exact) mass is 264 g/mol. The van der Waals surface area contributed by atoms with Crippen molar-refractivity contribution in [3.8, 4) is 0 Å². The Bertz CT molecular complexity index is 367. The number of hydrogen-bond donors (Lipinski definition) is 2. The molecule has 0 bridgehead atoms. The van der Waals surface area contributed by atoms with Crippen LogP contribution in [0.4, 0.5) is 0 Å². The molecule has 1 atom stereocenters. The summed E-state index contributed by atoms with van der Waals surface area (Å²) in [5.41, 5.74) is 5.29. The zero-order chi connectivity index (χ0) is 12.6. The molecule has 1 rings (SSSR count). The predicted molar refractivity (Wildman–Crippen MR) is 69.7 cm³/mol. The lowest BCUT2D eigenvalue weighted by Crippen LogP contribution is -2.47. The van der Waals surface area contributed by atoms with E-state index in [1.165, 1.54) is 0 Å². The van der Waals surface area contributed by atoms with Crippen LogP contribution in [-0.4, -0.2) is 25.2 Å². The fraction of sp³-hybridized carbons (Fsp3) is 0.900. The van der Waals surface area contributed by atoms with Crippen LogP contribution in [0.25, 0.3) is 0 Å².